The Kier molecular flexibility index (Phi) is 5.98. The van der Waals surface area contributed by atoms with Crippen LogP contribution in [-0.2, 0) is 4.74 Å². The Labute approximate surface area is 204 Å². The minimum atomic E-state index is -0.200. The Morgan fingerprint density at radius 2 is 2.03 bits per heavy atom. The van der Waals surface area contributed by atoms with Gasteiger partial charge in [0.25, 0.3) is 0 Å². The second-order valence-electron chi connectivity index (χ2n) is 10.0. The predicted octanol–water partition coefficient (Wildman–Crippen LogP) is 5.76. The van der Waals surface area contributed by atoms with Crippen molar-refractivity contribution in [2.45, 2.75) is 45.6 Å². The fraction of sp³-hybridized carbons (Fsp3) is 0.520. The van der Waals surface area contributed by atoms with Crippen molar-refractivity contribution >= 4 is 34.9 Å². The van der Waals surface area contributed by atoms with E-state index < -0.39 is 0 Å². The summed E-state index contributed by atoms with van der Waals surface area (Å²) >= 11 is 6.32. The number of anilines is 2. The molecule has 1 aromatic carbocycles. The molecule has 1 saturated heterocycles. The Bertz CT molecular complexity index is 1130. The number of hydrogen-bond acceptors (Lipinski definition) is 6. The molecule has 9 heteroatoms. The van der Waals surface area contributed by atoms with Crippen LogP contribution in [0.4, 0.5) is 22.0 Å². The molecule has 2 atom stereocenters. The van der Waals surface area contributed by atoms with Crippen molar-refractivity contribution in [3.63, 3.8) is 0 Å². The Hall–Kier alpha value is -3.05. The van der Waals surface area contributed by atoms with Crippen molar-refractivity contribution in [1.29, 1.82) is 0 Å². The van der Waals surface area contributed by atoms with Gasteiger partial charge < -0.3 is 19.7 Å². The monoisotopic (exact) mass is 481 g/mol. The van der Waals surface area contributed by atoms with E-state index in [1.165, 1.54) is 6.33 Å². The van der Waals surface area contributed by atoms with Crippen molar-refractivity contribution in [1.82, 2.24) is 14.9 Å². The van der Waals surface area contributed by atoms with Crippen LogP contribution in [0.1, 0.15) is 38.2 Å². The van der Waals surface area contributed by atoms with Crippen molar-refractivity contribution in [3.05, 3.63) is 46.5 Å². The lowest BCUT2D eigenvalue weighted by Crippen LogP contribution is -2.49. The zero-order valence-corrected chi connectivity index (χ0v) is 20.1. The highest BCUT2D eigenvalue weighted by Crippen LogP contribution is 2.45. The fourth-order valence-corrected chi connectivity index (χ4v) is 5.03. The summed E-state index contributed by atoms with van der Waals surface area (Å²) in [7, 11) is 0. The summed E-state index contributed by atoms with van der Waals surface area (Å²) in [6, 6.07) is 5.08. The normalized spacial score (nSPS) is 24.3. The maximum atomic E-state index is 12.6. The topological polar surface area (TPSA) is 80.9 Å². The Morgan fingerprint density at radius 3 is 2.68 bits per heavy atom. The van der Waals surface area contributed by atoms with Gasteiger partial charge in [0.05, 0.1) is 29.5 Å². The lowest BCUT2D eigenvalue weighted by molar-refractivity contribution is 0.0188. The third kappa shape index (κ3) is 4.62. The van der Waals surface area contributed by atoms with Gasteiger partial charge in [0, 0.05) is 30.3 Å². The summed E-state index contributed by atoms with van der Waals surface area (Å²) in [6.45, 7) is 13.0. The van der Waals surface area contributed by atoms with E-state index in [2.05, 4.69) is 27.1 Å². The molecule has 1 aliphatic heterocycles. The van der Waals surface area contributed by atoms with Crippen LogP contribution in [0.25, 0.3) is 4.85 Å². The summed E-state index contributed by atoms with van der Waals surface area (Å²) in [6.07, 6.45) is 5.59. The quantitative estimate of drug-likeness (QED) is 0.528. The molecule has 34 heavy (non-hydrogen) atoms. The van der Waals surface area contributed by atoms with Crippen LogP contribution in [0, 0.1) is 30.7 Å². The first-order chi connectivity index (χ1) is 16.3. The summed E-state index contributed by atoms with van der Waals surface area (Å²) < 4.78 is 12.0. The van der Waals surface area contributed by atoms with Crippen LogP contribution >= 0.6 is 11.6 Å². The molecule has 2 bridgehead atoms. The van der Waals surface area contributed by atoms with Gasteiger partial charge in [-0.05, 0) is 44.7 Å². The van der Waals surface area contributed by atoms with Gasteiger partial charge in [0.1, 0.15) is 18.2 Å². The number of likely N-dealkylation sites (tertiary alicyclic amines) is 1. The number of nitrogens with zero attached hydrogens (tertiary/aromatic N) is 4. The van der Waals surface area contributed by atoms with Gasteiger partial charge in [-0.25, -0.2) is 19.6 Å². The van der Waals surface area contributed by atoms with E-state index in [4.69, 9.17) is 27.6 Å². The third-order valence-electron chi connectivity index (χ3n) is 7.27. The van der Waals surface area contributed by atoms with Gasteiger partial charge in [-0.2, -0.15) is 0 Å². The van der Waals surface area contributed by atoms with E-state index in [-0.39, 0.29) is 29.4 Å². The average molecular weight is 482 g/mol. The van der Waals surface area contributed by atoms with Gasteiger partial charge in [-0.3, -0.25) is 0 Å². The minimum Gasteiger partial charge on any atom is -0.473 e. The fourth-order valence-electron chi connectivity index (χ4n) is 4.81. The number of carbonyl (C=O) groups is 1. The molecule has 2 heterocycles. The molecule has 2 saturated carbocycles. The number of fused-ring (bicyclic) bond motifs is 2. The number of nitrogens with one attached hydrogen (secondary N) is 1. The molecule has 1 N–H and O–H groups in total. The highest BCUT2D eigenvalue weighted by Gasteiger charge is 2.46. The zero-order valence-electron chi connectivity index (χ0n) is 19.4. The molecule has 2 unspecified atom stereocenters. The molecule has 178 valence electrons. The smallest absolute Gasteiger partial charge is 0.409 e. The first kappa shape index (κ1) is 22.7. The van der Waals surface area contributed by atoms with Crippen molar-refractivity contribution in [2.75, 3.05) is 25.0 Å². The number of benzene rings is 1. The highest BCUT2D eigenvalue weighted by molar-refractivity contribution is 6.33. The third-order valence-corrected chi connectivity index (χ3v) is 7.59. The van der Waals surface area contributed by atoms with Crippen LogP contribution in [0.5, 0.6) is 5.88 Å². The lowest BCUT2D eigenvalue weighted by atomic mass is 9.95. The average Bonchev–Trinajstić information content (AvgIpc) is 3.53. The van der Waals surface area contributed by atoms with Crippen molar-refractivity contribution < 1.29 is 14.3 Å². The summed E-state index contributed by atoms with van der Waals surface area (Å²) in [5.74, 6) is 1.64. The number of rotatable bonds is 6. The lowest BCUT2D eigenvalue weighted by Gasteiger charge is -2.37. The van der Waals surface area contributed by atoms with E-state index in [1.54, 1.807) is 18.2 Å². The molecule has 5 rings (SSSR count). The van der Waals surface area contributed by atoms with Crippen LogP contribution in [0.15, 0.2) is 24.5 Å². The van der Waals surface area contributed by atoms with Crippen LogP contribution in [-0.4, -0.2) is 46.8 Å². The number of halogens is 1. The molecular weight excluding hydrogens is 454 g/mol. The predicted molar refractivity (Wildman–Crippen MR) is 129 cm³/mol. The Balaban J connectivity index is 1.25. The van der Waals surface area contributed by atoms with Gasteiger partial charge in [0.15, 0.2) is 5.69 Å². The summed E-state index contributed by atoms with van der Waals surface area (Å²) in [4.78, 5) is 26.6. The molecule has 1 amide bonds. The van der Waals surface area contributed by atoms with Crippen LogP contribution < -0.4 is 10.1 Å². The molecule has 8 nitrogen and oxygen atoms in total. The number of amides is 1. The molecule has 3 aliphatic rings. The Morgan fingerprint density at radius 1 is 1.29 bits per heavy atom. The molecule has 0 spiro atoms. The zero-order chi connectivity index (χ0) is 23.9. The minimum absolute atomic E-state index is 0.00740. The summed E-state index contributed by atoms with van der Waals surface area (Å²) in [5.41, 5.74) is 2.11. The van der Waals surface area contributed by atoms with Gasteiger partial charge in [-0.15, -0.1) is 0 Å². The molecule has 1 aromatic heterocycles. The van der Waals surface area contributed by atoms with E-state index >= 15 is 0 Å². The maximum absolute atomic E-state index is 12.6. The first-order valence-electron chi connectivity index (χ1n) is 11.7. The second kappa shape index (κ2) is 8.95. The van der Waals surface area contributed by atoms with Gasteiger partial charge in [-0.1, -0.05) is 24.6 Å². The highest BCUT2D eigenvalue weighted by atomic mass is 35.5. The SMILES string of the molecule is [C-]#[N+]c1ccc(Nc2ncnc(OC3C4CCC3CN(C(=O)OCC3(C)CC3)C4)c2C)c(Cl)c1. The van der Waals surface area contributed by atoms with Crippen molar-refractivity contribution in [2.24, 2.45) is 17.3 Å². The number of carbonyl (C=O) groups excluding carboxylic acids is 1. The number of aromatic nitrogens is 2. The molecule has 0 radical (unpaired) electrons. The maximum Gasteiger partial charge on any atom is 0.409 e. The molecule has 2 aliphatic carbocycles. The van der Waals surface area contributed by atoms with E-state index in [0.29, 0.717) is 47.8 Å². The van der Waals surface area contributed by atoms with Crippen LogP contribution in [0.3, 0.4) is 0 Å². The molecule has 2 aromatic rings. The first-order valence-corrected chi connectivity index (χ1v) is 12.1. The molecule has 3 fully saturated rings. The van der Waals surface area contributed by atoms with Gasteiger partial charge >= 0.3 is 6.09 Å². The largest absolute Gasteiger partial charge is 0.473 e. The van der Waals surface area contributed by atoms with E-state index in [9.17, 15) is 4.79 Å². The van der Waals surface area contributed by atoms with E-state index in [1.807, 2.05) is 11.8 Å². The van der Waals surface area contributed by atoms with Crippen LogP contribution in [0.2, 0.25) is 5.02 Å². The summed E-state index contributed by atoms with van der Waals surface area (Å²) in [5, 5.41) is 3.67. The van der Waals surface area contributed by atoms with E-state index in [0.717, 1.165) is 31.2 Å². The van der Waals surface area contributed by atoms with Crippen molar-refractivity contribution in [3.8, 4) is 5.88 Å². The second-order valence-corrected chi connectivity index (χ2v) is 10.4. The molecular formula is C25H28ClN5O3. The van der Waals surface area contributed by atoms with Gasteiger partial charge in [0.2, 0.25) is 5.88 Å². The standard InChI is InChI=1S/C25H28ClN5O3/c1-15-22(30-20-7-6-18(27-3)10-19(20)26)28-14-29-23(15)34-21-16-4-5-17(21)12-31(11-16)24(32)33-13-25(2)8-9-25/h6-7,10,14,16-17,21H,4-5,8-9,11-13H2,1-2H3,(H,28,29,30). The number of ether oxygens (including phenoxy) is 2. The number of piperidine rings is 1. The number of hydrogen-bond donors (Lipinski definition) is 1.